The zero-order chi connectivity index (χ0) is 10.5. The lowest BCUT2D eigenvalue weighted by Crippen LogP contribution is -2.11. The van der Waals surface area contributed by atoms with Crippen molar-refractivity contribution in [1.29, 1.82) is 0 Å². The highest BCUT2D eigenvalue weighted by molar-refractivity contribution is 5.32. The smallest absolute Gasteiger partial charge is 0.166 e. The van der Waals surface area contributed by atoms with Gasteiger partial charge in [0.1, 0.15) is 0 Å². The molecular weight excluding hydrogens is 177 g/mol. The molecule has 0 aliphatic carbocycles. The molecule has 0 amide bonds. The predicted molar refractivity (Wildman–Crippen MR) is 48.4 cm³/mol. The van der Waals surface area contributed by atoms with Gasteiger partial charge in [-0.1, -0.05) is 31.7 Å². The van der Waals surface area contributed by atoms with Crippen LogP contribution in [0.5, 0.6) is 0 Å². The van der Waals surface area contributed by atoms with Gasteiger partial charge in [0.25, 0.3) is 0 Å². The molecule has 0 spiro atoms. The van der Waals surface area contributed by atoms with Crippen molar-refractivity contribution in [3.63, 3.8) is 0 Å². The molecule has 0 aromatic carbocycles. The fourth-order valence-corrected chi connectivity index (χ4v) is 0.673. The van der Waals surface area contributed by atoms with Gasteiger partial charge in [0, 0.05) is 0 Å². The summed E-state index contributed by atoms with van der Waals surface area (Å²) >= 11 is 0. The molecule has 0 bridgehead atoms. The Kier molecular flexibility index (Phi) is 4.52. The van der Waals surface area contributed by atoms with E-state index in [9.17, 15) is 13.2 Å². The van der Waals surface area contributed by atoms with E-state index < -0.39 is 11.7 Å². The van der Waals surface area contributed by atoms with Gasteiger partial charge in [-0.15, -0.1) is 0 Å². The molecule has 0 saturated carbocycles. The highest BCUT2D eigenvalue weighted by atomic mass is 19.4. The number of halogens is 3. The minimum atomic E-state index is -4.32. The highest BCUT2D eigenvalue weighted by Crippen LogP contribution is 2.29. The van der Waals surface area contributed by atoms with Crippen molar-refractivity contribution in [2.75, 3.05) is 0 Å². The van der Waals surface area contributed by atoms with Crippen LogP contribution in [-0.4, -0.2) is 6.18 Å². The molecule has 0 aromatic heterocycles. The van der Waals surface area contributed by atoms with Crippen LogP contribution in [0.3, 0.4) is 0 Å². The Morgan fingerprint density at radius 2 is 1.92 bits per heavy atom. The molecule has 0 saturated heterocycles. The van der Waals surface area contributed by atoms with E-state index in [-0.39, 0.29) is 5.57 Å². The molecule has 3 heteroatoms. The van der Waals surface area contributed by atoms with Gasteiger partial charge >= 0.3 is 6.18 Å². The van der Waals surface area contributed by atoms with Crippen LogP contribution in [0.1, 0.15) is 20.3 Å². The van der Waals surface area contributed by atoms with Gasteiger partial charge in [0.15, 0.2) is 0 Å². The first-order chi connectivity index (χ1) is 5.89. The summed E-state index contributed by atoms with van der Waals surface area (Å²) in [5.41, 5.74) is -0.634. The third kappa shape index (κ3) is 4.55. The quantitative estimate of drug-likeness (QED) is 0.589. The topological polar surface area (TPSA) is 0 Å². The van der Waals surface area contributed by atoms with Crippen LogP contribution >= 0.6 is 0 Å². The summed E-state index contributed by atoms with van der Waals surface area (Å²) in [4.78, 5) is 0. The Balaban J connectivity index is 4.43. The lowest BCUT2D eigenvalue weighted by molar-refractivity contribution is -0.0889. The standard InChI is InChI=1S/C10H13F3/c1-4-5-6-7-8(2)9(3)10(11,12)13/h5-7H,3-4H2,1-2H3/b6-5-,8-7-. The first kappa shape index (κ1) is 12.0. The van der Waals surface area contributed by atoms with Crippen molar-refractivity contribution >= 4 is 0 Å². The monoisotopic (exact) mass is 190 g/mol. The molecule has 0 radical (unpaired) electrons. The van der Waals surface area contributed by atoms with Crippen LogP contribution in [0.2, 0.25) is 0 Å². The molecule has 0 rings (SSSR count). The predicted octanol–water partition coefficient (Wildman–Crippen LogP) is 4.02. The third-order valence-corrected chi connectivity index (χ3v) is 1.54. The largest absolute Gasteiger partial charge is 0.416 e. The van der Waals surface area contributed by atoms with E-state index in [1.165, 1.54) is 13.0 Å². The van der Waals surface area contributed by atoms with Crippen LogP contribution in [0.25, 0.3) is 0 Å². The molecule has 0 atom stereocenters. The summed E-state index contributed by atoms with van der Waals surface area (Å²) in [6.45, 7) is 6.29. The van der Waals surface area contributed by atoms with E-state index in [1.807, 2.05) is 6.92 Å². The van der Waals surface area contributed by atoms with Crippen LogP contribution in [0, 0.1) is 0 Å². The van der Waals surface area contributed by atoms with Gasteiger partial charge in [0.2, 0.25) is 0 Å². The lowest BCUT2D eigenvalue weighted by Gasteiger charge is -2.09. The fraction of sp³-hybridized carbons (Fsp3) is 0.400. The molecule has 0 aliphatic heterocycles. The maximum atomic E-state index is 12.0. The van der Waals surface area contributed by atoms with Crippen molar-refractivity contribution < 1.29 is 13.2 Å². The molecule has 0 N–H and O–H groups in total. The van der Waals surface area contributed by atoms with Gasteiger partial charge in [-0.05, 0) is 18.9 Å². The number of hydrogen-bond acceptors (Lipinski definition) is 0. The van der Waals surface area contributed by atoms with E-state index in [2.05, 4.69) is 6.58 Å². The van der Waals surface area contributed by atoms with E-state index in [1.54, 1.807) is 12.2 Å². The van der Waals surface area contributed by atoms with Gasteiger partial charge in [-0.25, -0.2) is 0 Å². The zero-order valence-electron chi connectivity index (χ0n) is 7.78. The van der Waals surface area contributed by atoms with Gasteiger partial charge in [-0.2, -0.15) is 13.2 Å². The fourth-order valence-electron chi connectivity index (χ4n) is 0.673. The minimum Gasteiger partial charge on any atom is -0.166 e. The summed E-state index contributed by atoms with van der Waals surface area (Å²) in [5.74, 6) is 0. The van der Waals surface area contributed by atoms with E-state index in [0.29, 0.717) is 0 Å². The van der Waals surface area contributed by atoms with E-state index >= 15 is 0 Å². The molecule has 0 aromatic rings. The van der Waals surface area contributed by atoms with Gasteiger partial charge < -0.3 is 0 Å². The number of allylic oxidation sites excluding steroid dienone is 5. The number of hydrogen-bond donors (Lipinski definition) is 0. The van der Waals surface area contributed by atoms with Crippen molar-refractivity contribution in [2.24, 2.45) is 0 Å². The normalized spacial score (nSPS) is 13.8. The van der Waals surface area contributed by atoms with Crippen LogP contribution in [-0.2, 0) is 0 Å². The molecule has 13 heavy (non-hydrogen) atoms. The van der Waals surface area contributed by atoms with Gasteiger partial charge in [-0.3, -0.25) is 0 Å². The zero-order valence-corrected chi connectivity index (χ0v) is 7.78. The molecule has 0 nitrogen and oxygen atoms in total. The average molecular weight is 190 g/mol. The van der Waals surface area contributed by atoms with Crippen molar-refractivity contribution in [3.05, 3.63) is 36.0 Å². The van der Waals surface area contributed by atoms with Gasteiger partial charge in [0.05, 0.1) is 5.57 Å². The first-order valence-electron chi connectivity index (χ1n) is 3.99. The highest BCUT2D eigenvalue weighted by Gasteiger charge is 2.32. The summed E-state index contributed by atoms with van der Waals surface area (Å²) in [6.07, 6.45) is 1.29. The Labute approximate surface area is 76.5 Å². The van der Waals surface area contributed by atoms with Crippen molar-refractivity contribution in [3.8, 4) is 0 Å². The molecule has 0 unspecified atom stereocenters. The van der Waals surface area contributed by atoms with E-state index in [4.69, 9.17) is 0 Å². The molecule has 0 fully saturated rings. The van der Waals surface area contributed by atoms with Crippen LogP contribution < -0.4 is 0 Å². The number of alkyl halides is 3. The number of rotatable bonds is 3. The summed E-state index contributed by atoms with van der Waals surface area (Å²) in [6, 6.07) is 0. The van der Waals surface area contributed by atoms with Crippen molar-refractivity contribution in [2.45, 2.75) is 26.4 Å². The second-order valence-corrected chi connectivity index (χ2v) is 2.66. The average Bonchev–Trinajstić information content (AvgIpc) is 2.01. The maximum absolute atomic E-state index is 12.0. The summed E-state index contributed by atoms with van der Waals surface area (Å²) < 4.78 is 36.1. The van der Waals surface area contributed by atoms with E-state index in [0.717, 1.165) is 6.42 Å². The summed E-state index contributed by atoms with van der Waals surface area (Å²) in [5, 5.41) is 0. The Morgan fingerprint density at radius 1 is 1.38 bits per heavy atom. The first-order valence-corrected chi connectivity index (χ1v) is 3.99. The SMILES string of the molecule is C=C(/C(C)=C\C=C/CC)C(F)(F)F. The molecule has 0 heterocycles. The summed E-state index contributed by atoms with van der Waals surface area (Å²) in [7, 11) is 0. The van der Waals surface area contributed by atoms with Crippen molar-refractivity contribution in [1.82, 2.24) is 0 Å². The van der Waals surface area contributed by atoms with Crippen LogP contribution in [0.15, 0.2) is 36.0 Å². The Morgan fingerprint density at radius 3 is 2.31 bits per heavy atom. The molecule has 74 valence electrons. The van der Waals surface area contributed by atoms with Crippen LogP contribution in [0.4, 0.5) is 13.2 Å². The Hall–Kier alpha value is -0.990. The minimum absolute atomic E-state index is 0.150. The second kappa shape index (κ2) is 4.90. The Bertz CT molecular complexity index is 231. The maximum Gasteiger partial charge on any atom is 0.416 e. The molecule has 0 aliphatic rings. The molecular formula is C10H13F3. The lowest BCUT2D eigenvalue weighted by atomic mass is 10.1. The second-order valence-electron chi connectivity index (χ2n) is 2.66. The third-order valence-electron chi connectivity index (χ3n) is 1.54.